The molecule has 2 heterocycles. The second-order valence-electron chi connectivity index (χ2n) is 11.9. The lowest BCUT2D eigenvalue weighted by Crippen LogP contribution is -2.40. The Morgan fingerprint density at radius 1 is 1.05 bits per heavy atom. The number of nitrogens with one attached hydrogen (secondary N) is 1. The van der Waals surface area contributed by atoms with Crippen molar-refractivity contribution in [3.63, 3.8) is 0 Å². The number of rotatable bonds is 12. The lowest BCUT2D eigenvalue weighted by molar-refractivity contribution is -0.131. The van der Waals surface area contributed by atoms with Gasteiger partial charge in [-0.3, -0.25) is 9.59 Å². The van der Waals surface area contributed by atoms with Gasteiger partial charge in [-0.05, 0) is 64.8 Å². The molecule has 0 spiro atoms. The molecule has 0 aliphatic rings. The van der Waals surface area contributed by atoms with E-state index in [1.54, 1.807) is 72.8 Å². The number of carbonyl (C=O) groups excluding carboxylic acids is 1. The molecular weight excluding hydrogens is 581 g/mol. The molecule has 0 unspecified atom stereocenters. The molecule has 4 rings (SSSR count). The zero-order chi connectivity index (χ0) is 32.2. The van der Waals surface area contributed by atoms with Gasteiger partial charge in [-0.2, -0.15) is 0 Å². The lowest BCUT2D eigenvalue weighted by Gasteiger charge is -2.21. The number of carbonyl (C=O) groups is 1. The Kier molecular flexibility index (Phi) is 10.1. The number of nitrogens with zero attached hydrogens (tertiary/aromatic N) is 4. The van der Waals surface area contributed by atoms with Gasteiger partial charge >= 0.3 is 0 Å². The highest BCUT2D eigenvalue weighted by Gasteiger charge is 2.25. The molecule has 0 radical (unpaired) electrons. The van der Waals surface area contributed by atoms with E-state index in [-0.39, 0.29) is 29.5 Å². The number of unbranched alkanes of at least 4 members (excludes halogenated alkanes) is 1. The Morgan fingerprint density at radius 2 is 1.75 bits per heavy atom. The van der Waals surface area contributed by atoms with E-state index in [4.69, 9.17) is 4.98 Å². The first-order chi connectivity index (χ1) is 20.8. The lowest BCUT2D eigenvalue weighted by atomic mass is 10.0. The topological polar surface area (TPSA) is 106 Å². The van der Waals surface area contributed by atoms with Crippen LogP contribution in [0.2, 0.25) is 0 Å². The number of pyridine rings is 1. The van der Waals surface area contributed by atoms with Gasteiger partial charge in [0.2, 0.25) is 15.9 Å². The van der Waals surface area contributed by atoms with E-state index < -0.39 is 21.4 Å². The maximum Gasteiger partial charge on any atom is 0.277 e. The van der Waals surface area contributed by atoms with Crippen molar-refractivity contribution in [2.45, 2.75) is 84.3 Å². The van der Waals surface area contributed by atoms with E-state index >= 15 is 4.39 Å². The number of hydrogen-bond acceptors (Lipinski definition) is 5. The highest BCUT2D eigenvalue weighted by Crippen LogP contribution is 2.30. The number of halogens is 1. The summed E-state index contributed by atoms with van der Waals surface area (Å²) in [6.45, 7) is 12.2. The summed E-state index contributed by atoms with van der Waals surface area (Å²) in [6.07, 6.45) is 3.95. The first-order valence-corrected chi connectivity index (χ1v) is 16.6. The van der Waals surface area contributed by atoms with Crippen LogP contribution in [0.4, 0.5) is 4.39 Å². The largest absolute Gasteiger partial charge is 0.342 e. The third-order valence-electron chi connectivity index (χ3n) is 7.43. The summed E-state index contributed by atoms with van der Waals surface area (Å²) < 4.78 is 48.0. The smallest absolute Gasteiger partial charge is 0.277 e. The van der Waals surface area contributed by atoms with Gasteiger partial charge in [0.15, 0.2) is 0 Å². The summed E-state index contributed by atoms with van der Waals surface area (Å²) in [7, 11) is -3.88. The number of imidazole rings is 1. The third kappa shape index (κ3) is 7.27. The number of likely N-dealkylation sites (N-methyl/N-ethyl adjacent to an activating group) is 1. The summed E-state index contributed by atoms with van der Waals surface area (Å²) in [5.74, 6) is -0.0231. The fraction of sp³-hybridized carbons (Fsp3) is 0.424. The van der Waals surface area contributed by atoms with Crippen LogP contribution in [0.1, 0.15) is 65.8 Å². The molecule has 44 heavy (non-hydrogen) atoms. The quantitative estimate of drug-likeness (QED) is 0.229. The second kappa shape index (κ2) is 13.4. The summed E-state index contributed by atoms with van der Waals surface area (Å²) in [5, 5.41) is 0. The standard InChI is InChI=1S/C33H42FN5O4S/c1-7-10-15-29-35-27-18-19-38(22-30(40)37(8-2)9-3)32(41)31(27)39(29)21-24-17-16-23(20-26(24)34)25-13-11-12-14-28(25)44(42,43)36-33(4,5)6/h11-14,16-20,36H,7-10,15,21-22H2,1-6H3. The molecule has 2 aromatic heterocycles. The SMILES string of the molecule is CCCCc1nc2ccn(CC(=O)N(CC)CC)c(=O)c2n1Cc1ccc(-c2ccccc2S(=O)(=O)NC(C)(C)C)cc1F. The molecule has 0 saturated carbocycles. The van der Waals surface area contributed by atoms with Gasteiger partial charge in [-0.1, -0.05) is 43.7 Å². The van der Waals surface area contributed by atoms with Crippen LogP contribution < -0.4 is 10.3 Å². The fourth-order valence-corrected chi connectivity index (χ4v) is 6.93. The molecule has 0 aliphatic heterocycles. The zero-order valence-electron chi connectivity index (χ0n) is 26.4. The van der Waals surface area contributed by atoms with E-state index in [0.717, 1.165) is 12.8 Å². The summed E-state index contributed by atoms with van der Waals surface area (Å²) in [4.78, 5) is 32.9. The molecular formula is C33H42FN5O4S. The van der Waals surface area contributed by atoms with Crippen molar-refractivity contribution in [3.05, 3.63) is 82.3 Å². The molecule has 236 valence electrons. The Balaban J connectivity index is 1.75. The van der Waals surface area contributed by atoms with Crippen molar-refractivity contribution in [2.24, 2.45) is 0 Å². The third-order valence-corrected chi connectivity index (χ3v) is 9.25. The molecule has 4 aromatic rings. The van der Waals surface area contributed by atoms with Crippen molar-refractivity contribution in [1.29, 1.82) is 0 Å². The Labute approximate surface area is 258 Å². The van der Waals surface area contributed by atoms with Crippen molar-refractivity contribution in [3.8, 4) is 11.1 Å². The highest BCUT2D eigenvalue weighted by atomic mass is 32.2. The molecule has 0 atom stereocenters. The molecule has 0 bridgehead atoms. The molecule has 1 N–H and O–H groups in total. The first-order valence-electron chi connectivity index (χ1n) is 15.1. The molecule has 11 heteroatoms. The number of hydrogen-bond donors (Lipinski definition) is 1. The van der Waals surface area contributed by atoms with Crippen LogP contribution >= 0.6 is 0 Å². The van der Waals surface area contributed by atoms with Crippen LogP contribution in [0.5, 0.6) is 0 Å². The Morgan fingerprint density at radius 3 is 2.39 bits per heavy atom. The summed E-state index contributed by atoms with van der Waals surface area (Å²) >= 11 is 0. The molecule has 0 fully saturated rings. The molecule has 2 aromatic carbocycles. The second-order valence-corrected chi connectivity index (χ2v) is 13.6. The van der Waals surface area contributed by atoms with E-state index in [2.05, 4.69) is 11.6 Å². The van der Waals surface area contributed by atoms with Crippen molar-refractivity contribution < 1.29 is 17.6 Å². The highest BCUT2D eigenvalue weighted by molar-refractivity contribution is 7.89. The number of aryl methyl sites for hydroxylation is 1. The predicted octanol–water partition coefficient (Wildman–Crippen LogP) is 5.34. The van der Waals surface area contributed by atoms with Gasteiger partial charge in [0.25, 0.3) is 5.56 Å². The van der Waals surface area contributed by atoms with Gasteiger partial charge in [0.05, 0.1) is 17.0 Å². The van der Waals surface area contributed by atoms with Crippen molar-refractivity contribution >= 4 is 27.0 Å². The van der Waals surface area contributed by atoms with Crippen LogP contribution in [0.25, 0.3) is 22.2 Å². The van der Waals surface area contributed by atoms with E-state index in [1.165, 1.54) is 16.7 Å². The number of sulfonamides is 1. The van der Waals surface area contributed by atoms with Gasteiger partial charge in [-0.25, -0.2) is 22.5 Å². The van der Waals surface area contributed by atoms with Crippen molar-refractivity contribution in [2.75, 3.05) is 13.1 Å². The van der Waals surface area contributed by atoms with Crippen LogP contribution in [0.15, 0.2) is 64.4 Å². The molecule has 9 nitrogen and oxygen atoms in total. The minimum atomic E-state index is -3.88. The summed E-state index contributed by atoms with van der Waals surface area (Å²) in [5.41, 5.74) is 0.886. The minimum Gasteiger partial charge on any atom is -0.342 e. The van der Waals surface area contributed by atoms with E-state index in [0.29, 0.717) is 53.1 Å². The number of fused-ring (bicyclic) bond motifs is 1. The number of amides is 1. The van der Waals surface area contributed by atoms with Crippen LogP contribution in [0, 0.1) is 5.82 Å². The Hall–Kier alpha value is -3.83. The number of benzene rings is 2. The zero-order valence-corrected chi connectivity index (χ0v) is 27.2. The fourth-order valence-electron chi connectivity index (χ4n) is 5.28. The van der Waals surface area contributed by atoms with Gasteiger partial charge in [0, 0.05) is 42.4 Å². The van der Waals surface area contributed by atoms with Crippen LogP contribution in [-0.4, -0.2) is 52.0 Å². The minimum absolute atomic E-state index is 0.0520. The molecule has 0 saturated heterocycles. The van der Waals surface area contributed by atoms with Gasteiger partial charge in [-0.15, -0.1) is 0 Å². The van der Waals surface area contributed by atoms with Gasteiger partial charge in [0.1, 0.15) is 23.7 Å². The maximum atomic E-state index is 15.8. The average molecular weight is 624 g/mol. The van der Waals surface area contributed by atoms with Crippen LogP contribution in [-0.2, 0) is 34.3 Å². The molecule has 1 amide bonds. The first kappa shape index (κ1) is 33.1. The van der Waals surface area contributed by atoms with Crippen molar-refractivity contribution in [1.82, 2.24) is 23.7 Å². The monoisotopic (exact) mass is 623 g/mol. The average Bonchev–Trinajstić information content (AvgIpc) is 3.31. The number of aromatic nitrogens is 3. The normalized spacial score (nSPS) is 12.2. The molecule has 0 aliphatic carbocycles. The predicted molar refractivity (Wildman–Crippen MR) is 172 cm³/mol. The van der Waals surface area contributed by atoms with E-state index in [1.807, 2.05) is 13.8 Å². The maximum absolute atomic E-state index is 15.8. The summed E-state index contributed by atoms with van der Waals surface area (Å²) in [6, 6.07) is 12.9. The van der Waals surface area contributed by atoms with E-state index in [9.17, 15) is 18.0 Å². The Bertz CT molecular complexity index is 1820. The van der Waals surface area contributed by atoms with Gasteiger partial charge < -0.3 is 14.0 Å². The van der Waals surface area contributed by atoms with Crippen LogP contribution in [0.3, 0.4) is 0 Å².